The largest absolute Gasteiger partial charge is 0.478 e. The van der Waals surface area contributed by atoms with Gasteiger partial charge in [-0.25, -0.2) is 4.79 Å². The highest BCUT2D eigenvalue weighted by Crippen LogP contribution is 2.34. The second-order valence-corrected chi connectivity index (χ2v) is 3.94. The van der Waals surface area contributed by atoms with Gasteiger partial charge in [-0.05, 0) is 23.8 Å². The van der Waals surface area contributed by atoms with Gasteiger partial charge < -0.3 is 10.2 Å². The summed E-state index contributed by atoms with van der Waals surface area (Å²) in [6.07, 6.45) is -7.51. The number of carboxylic acid groups (broad SMARTS) is 1. The number of alkyl halides is 3. The van der Waals surface area contributed by atoms with Crippen molar-refractivity contribution in [2.75, 3.05) is 0 Å². The smallest absolute Gasteiger partial charge is 0.418 e. The molecule has 7 heteroatoms. The Bertz CT molecular complexity index is 417. The van der Waals surface area contributed by atoms with E-state index in [9.17, 15) is 18.0 Å². The molecule has 88 valence electrons. The number of aliphatic hydroxyl groups excluding tert-OH is 1. The van der Waals surface area contributed by atoms with Crippen molar-refractivity contribution in [3.05, 3.63) is 33.8 Å². The summed E-state index contributed by atoms with van der Waals surface area (Å²) in [6.45, 7) is 0. The molecule has 0 saturated heterocycles. The highest BCUT2D eigenvalue weighted by Gasteiger charge is 2.39. The average Bonchev–Trinajstić information content (AvgIpc) is 2.14. The van der Waals surface area contributed by atoms with E-state index < -0.39 is 23.8 Å². The average molecular weight is 299 g/mol. The lowest BCUT2D eigenvalue weighted by Gasteiger charge is -2.15. The van der Waals surface area contributed by atoms with Crippen molar-refractivity contribution in [2.45, 2.75) is 12.3 Å². The van der Waals surface area contributed by atoms with Crippen molar-refractivity contribution in [1.82, 2.24) is 0 Å². The van der Waals surface area contributed by atoms with E-state index in [0.717, 1.165) is 18.2 Å². The molecule has 3 nitrogen and oxygen atoms in total. The zero-order valence-electron chi connectivity index (χ0n) is 7.62. The van der Waals surface area contributed by atoms with Gasteiger partial charge in [-0.3, -0.25) is 0 Å². The van der Waals surface area contributed by atoms with Crippen LogP contribution in [0.1, 0.15) is 22.0 Å². The highest BCUT2D eigenvalue weighted by molar-refractivity contribution is 9.10. The maximum atomic E-state index is 12.2. The molecule has 1 aromatic carbocycles. The van der Waals surface area contributed by atoms with E-state index in [2.05, 4.69) is 15.9 Å². The van der Waals surface area contributed by atoms with Crippen molar-refractivity contribution < 1.29 is 28.2 Å². The van der Waals surface area contributed by atoms with Crippen LogP contribution in [0.25, 0.3) is 0 Å². The molecule has 0 bridgehead atoms. The van der Waals surface area contributed by atoms with Crippen molar-refractivity contribution in [1.29, 1.82) is 0 Å². The number of aromatic carboxylic acids is 1. The number of carboxylic acids is 1. The lowest BCUT2D eigenvalue weighted by atomic mass is 10.1. The number of halogens is 4. The third kappa shape index (κ3) is 2.96. The molecule has 1 atom stereocenters. The first kappa shape index (κ1) is 13.0. The summed E-state index contributed by atoms with van der Waals surface area (Å²) in [4.78, 5) is 10.6. The molecule has 2 N–H and O–H groups in total. The van der Waals surface area contributed by atoms with E-state index >= 15 is 0 Å². The van der Waals surface area contributed by atoms with Crippen molar-refractivity contribution in [3.63, 3.8) is 0 Å². The van der Waals surface area contributed by atoms with Crippen LogP contribution in [0.3, 0.4) is 0 Å². The Morgan fingerprint density at radius 1 is 1.31 bits per heavy atom. The normalized spacial score (nSPS) is 13.6. The number of carbonyl (C=O) groups is 1. The Morgan fingerprint density at radius 2 is 1.88 bits per heavy atom. The minimum Gasteiger partial charge on any atom is -0.478 e. The molecular formula is C9H6BrF3O3. The summed E-state index contributed by atoms with van der Waals surface area (Å²) in [6, 6.07) is 2.95. The van der Waals surface area contributed by atoms with Crippen LogP contribution < -0.4 is 0 Å². The molecule has 0 saturated carbocycles. The maximum Gasteiger partial charge on any atom is 0.418 e. The SMILES string of the molecule is O=C(O)c1cc(Br)cc([C@@H](O)C(F)(F)F)c1. The van der Waals surface area contributed by atoms with Crippen LogP contribution in [0.2, 0.25) is 0 Å². The molecule has 0 aliphatic carbocycles. The second kappa shape index (κ2) is 4.42. The lowest BCUT2D eigenvalue weighted by molar-refractivity contribution is -0.206. The first-order valence-corrected chi connectivity index (χ1v) is 4.79. The molecule has 0 aliphatic rings. The summed E-state index contributed by atoms with van der Waals surface area (Å²) in [5.74, 6) is -1.36. The topological polar surface area (TPSA) is 57.5 Å². The molecular weight excluding hydrogens is 293 g/mol. The highest BCUT2D eigenvalue weighted by atomic mass is 79.9. The van der Waals surface area contributed by atoms with E-state index in [1.54, 1.807) is 0 Å². The van der Waals surface area contributed by atoms with E-state index in [1.165, 1.54) is 0 Å². The minimum absolute atomic E-state index is 0.158. The third-order valence-electron chi connectivity index (χ3n) is 1.79. The molecule has 1 aromatic rings. The lowest BCUT2D eigenvalue weighted by Crippen LogP contribution is -2.20. The van der Waals surface area contributed by atoms with Crippen LogP contribution in [0.5, 0.6) is 0 Å². The maximum absolute atomic E-state index is 12.2. The Morgan fingerprint density at radius 3 is 2.31 bits per heavy atom. The van der Waals surface area contributed by atoms with Gasteiger partial charge in [0.05, 0.1) is 5.56 Å². The molecule has 0 radical (unpaired) electrons. The summed E-state index contributed by atoms with van der Waals surface area (Å²) >= 11 is 2.87. The first-order valence-electron chi connectivity index (χ1n) is 4.00. The quantitative estimate of drug-likeness (QED) is 0.883. The van der Waals surface area contributed by atoms with Gasteiger partial charge in [-0.2, -0.15) is 13.2 Å². The molecule has 0 unspecified atom stereocenters. The predicted molar refractivity (Wildman–Crippen MR) is 52.1 cm³/mol. The fraction of sp³-hybridized carbons (Fsp3) is 0.222. The minimum atomic E-state index is -4.82. The van der Waals surface area contributed by atoms with E-state index in [1.807, 2.05) is 0 Å². The van der Waals surface area contributed by atoms with Crippen molar-refractivity contribution in [3.8, 4) is 0 Å². The molecule has 0 heterocycles. The number of hydrogen-bond donors (Lipinski definition) is 2. The fourth-order valence-corrected chi connectivity index (χ4v) is 1.59. The molecule has 0 amide bonds. The van der Waals surface area contributed by atoms with Gasteiger partial charge in [-0.15, -0.1) is 0 Å². The molecule has 1 rings (SSSR count). The Labute approximate surface area is 96.6 Å². The van der Waals surface area contributed by atoms with E-state index in [-0.39, 0.29) is 10.0 Å². The van der Waals surface area contributed by atoms with Crippen molar-refractivity contribution >= 4 is 21.9 Å². The zero-order valence-corrected chi connectivity index (χ0v) is 9.21. The van der Waals surface area contributed by atoms with Gasteiger partial charge in [0.25, 0.3) is 0 Å². The van der Waals surface area contributed by atoms with Crippen LogP contribution in [0.4, 0.5) is 13.2 Å². The monoisotopic (exact) mass is 298 g/mol. The zero-order chi connectivity index (χ0) is 12.5. The van der Waals surface area contributed by atoms with Gasteiger partial charge >= 0.3 is 12.1 Å². The number of rotatable bonds is 2. The molecule has 16 heavy (non-hydrogen) atoms. The molecule has 0 spiro atoms. The standard InChI is InChI=1S/C9H6BrF3O3/c10-6-2-4(7(14)9(11,12)13)1-5(3-6)8(15)16/h1-3,7,14H,(H,15,16)/t7-/m1/s1. The van der Waals surface area contributed by atoms with Gasteiger partial charge in [0.15, 0.2) is 6.10 Å². The summed E-state index contributed by atoms with van der Waals surface area (Å²) in [7, 11) is 0. The second-order valence-electron chi connectivity index (χ2n) is 3.02. The number of aliphatic hydroxyl groups is 1. The fourth-order valence-electron chi connectivity index (χ4n) is 1.08. The van der Waals surface area contributed by atoms with E-state index in [0.29, 0.717) is 0 Å². The summed E-state index contributed by atoms with van der Waals surface area (Å²) in [5, 5.41) is 17.6. The van der Waals surface area contributed by atoms with Crippen LogP contribution >= 0.6 is 15.9 Å². The number of hydrogen-bond acceptors (Lipinski definition) is 2. The Balaban J connectivity index is 3.20. The number of benzene rings is 1. The van der Waals surface area contributed by atoms with Gasteiger partial charge in [0.2, 0.25) is 0 Å². The van der Waals surface area contributed by atoms with Gasteiger partial charge in [0, 0.05) is 4.47 Å². The Hall–Kier alpha value is -1.08. The van der Waals surface area contributed by atoms with Crippen LogP contribution in [0.15, 0.2) is 22.7 Å². The molecule has 0 aromatic heterocycles. The van der Waals surface area contributed by atoms with Crippen LogP contribution in [-0.4, -0.2) is 22.4 Å². The van der Waals surface area contributed by atoms with Crippen molar-refractivity contribution in [2.24, 2.45) is 0 Å². The van der Waals surface area contributed by atoms with Crippen LogP contribution in [0, 0.1) is 0 Å². The van der Waals surface area contributed by atoms with Gasteiger partial charge in [0.1, 0.15) is 0 Å². The van der Waals surface area contributed by atoms with Gasteiger partial charge in [-0.1, -0.05) is 15.9 Å². The molecule has 0 fully saturated rings. The van der Waals surface area contributed by atoms with Crippen LogP contribution in [-0.2, 0) is 0 Å². The van der Waals surface area contributed by atoms with E-state index in [4.69, 9.17) is 10.2 Å². The third-order valence-corrected chi connectivity index (χ3v) is 2.25. The summed E-state index contributed by atoms with van der Waals surface area (Å²) < 4.78 is 36.7. The predicted octanol–water partition coefficient (Wildman–Crippen LogP) is 2.74. The summed E-state index contributed by atoms with van der Waals surface area (Å²) in [5.41, 5.74) is -0.841. The Kier molecular flexibility index (Phi) is 3.59. The first-order chi connectivity index (χ1) is 7.21. The molecule has 0 aliphatic heterocycles.